The Morgan fingerprint density at radius 3 is 3.00 bits per heavy atom. The number of carbonyl (C=O) groups excluding carboxylic acids is 1. The Bertz CT molecular complexity index is 176. The molecule has 13 heavy (non-hydrogen) atoms. The van der Waals surface area contributed by atoms with Crippen LogP contribution < -0.4 is 10.6 Å². The van der Waals surface area contributed by atoms with E-state index in [2.05, 4.69) is 10.6 Å². The first-order chi connectivity index (χ1) is 6.16. The van der Waals surface area contributed by atoms with Crippen molar-refractivity contribution in [3.8, 4) is 0 Å². The molecule has 0 saturated carbocycles. The van der Waals surface area contributed by atoms with Crippen molar-refractivity contribution in [3.63, 3.8) is 0 Å². The maximum atomic E-state index is 11.0. The molecule has 1 aliphatic rings. The molecule has 0 aliphatic carbocycles. The van der Waals surface area contributed by atoms with Crippen LogP contribution in [0.15, 0.2) is 0 Å². The molecule has 1 fully saturated rings. The summed E-state index contributed by atoms with van der Waals surface area (Å²) in [4.78, 5) is 11.0. The van der Waals surface area contributed by atoms with E-state index in [0.717, 1.165) is 19.4 Å². The van der Waals surface area contributed by atoms with Crippen LogP contribution in [-0.2, 0) is 4.79 Å². The third-order valence-corrected chi connectivity index (χ3v) is 2.55. The van der Waals surface area contributed by atoms with Gasteiger partial charge in [0.05, 0.1) is 5.60 Å². The number of amides is 1. The van der Waals surface area contributed by atoms with Gasteiger partial charge < -0.3 is 15.7 Å². The number of rotatable bonds is 3. The van der Waals surface area contributed by atoms with E-state index in [1.54, 1.807) is 7.05 Å². The minimum Gasteiger partial charge on any atom is -0.389 e. The summed E-state index contributed by atoms with van der Waals surface area (Å²) in [6, 6.07) is 0. The maximum Gasteiger partial charge on any atom is 0.219 e. The summed E-state index contributed by atoms with van der Waals surface area (Å²) >= 11 is 0. The molecule has 1 unspecified atom stereocenters. The van der Waals surface area contributed by atoms with Gasteiger partial charge in [-0.3, -0.25) is 4.79 Å². The van der Waals surface area contributed by atoms with Crippen molar-refractivity contribution in [1.82, 2.24) is 10.6 Å². The minimum atomic E-state index is -0.662. The number of hydrogen-bond donors (Lipinski definition) is 3. The Labute approximate surface area is 78.7 Å². The lowest BCUT2D eigenvalue weighted by atomic mass is 9.89. The Kier molecular flexibility index (Phi) is 3.69. The molecule has 0 bridgehead atoms. The van der Waals surface area contributed by atoms with Crippen LogP contribution in [0.1, 0.15) is 25.7 Å². The van der Waals surface area contributed by atoms with Crippen LogP contribution in [0.2, 0.25) is 0 Å². The van der Waals surface area contributed by atoms with E-state index in [1.165, 1.54) is 0 Å². The quantitative estimate of drug-likeness (QED) is 0.563. The van der Waals surface area contributed by atoms with Gasteiger partial charge in [-0.25, -0.2) is 0 Å². The zero-order valence-corrected chi connectivity index (χ0v) is 8.10. The molecule has 0 spiro atoms. The predicted octanol–water partition coefficient (Wildman–Crippen LogP) is -0.373. The van der Waals surface area contributed by atoms with Crippen molar-refractivity contribution in [3.05, 3.63) is 0 Å². The SMILES string of the molecule is CNC(=O)CCC1(O)CCCNC1. The molecule has 76 valence electrons. The molecule has 0 aromatic carbocycles. The minimum absolute atomic E-state index is 0.000927. The second kappa shape index (κ2) is 4.58. The maximum absolute atomic E-state index is 11.0. The zero-order chi connectivity index (χ0) is 9.73. The topological polar surface area (TPSA) is 61.4 Å². The van der Waals surface area contributed by atoms with Crippen LogP contribution in [0.25, 0.3) is 0 Å². The largest absolute Gasteiger partial charge is 0.389 e. The molecule has 0 radical (unpaired) electrons. The van der Waals surface area contributed by atoms with Gasteiger partial charge >= 0.3 is 0 Å². The van der Waals surface area contributed by atoms with Crippen molar-refractivity contribution in [1.29, 1.82) is 0 Å². The van der Waals surface area contributed by atoms with Crippen LogP contribution in [-0.4, -0.2) is 36.8 Å². The Morgan fingerprint density at radius 2 is 2.46 bits per heavy atom. The van der Waals surface area contributed by atoms with Crippen molar-refractivity contribution < 1.29 is 9.90 Å². The number of β-amino-alcohol motifs (C(OH)–C–C–N with tert-alkyl or cyclic N) is 1. The number of hydrogen-bond acceptors (Lipinski definition) is 3. The summed E-state index contributed by atoms with van der Waals surface area (Å²) in [5.41, 5.74) is -0.662. The molecule has 1 amide bonds. The summed E-state index contributed by atoms with van der Waals surface area (Å²) < 4.78 is 0. The van der Waals surface area contributed by atoms with Crippen molar-refractivity contribution >= 4 is 5.91 Å². The van der Waals surface area contributed by atoms with E-state index in [1.807, 2.05) is 0 Å². The first-order valence-corrected chi connectivity index (χ1v) is 4.80. The lowest BCUT2D eigenvalue weighted by Gasteiger charge is -2.32. The van der Waals surface area contributed by atoms with Crippen molar-refractivity contribution in [2.75, 3.05) is 20.1 Å². The number of carbonyl (C=O) groups is 1. The highest BCUT2D eigenvalue weighted by Gasteiger charge is 2.29. The molecular weight excluding hydrogens is 168 g/mol. The van der Waals surface area contributed by atoms with Gasteiger partial charge in [0.25, 0.3) is 0 Å². The third-order valence-electron chi connectivity index (χ3n) is 2.55. The summed E-state index contributed by atoms with van der Waals surface area (Å²) in [5.74, 6) is -0.000927. The molecular formula is C9H18N2O2. The fourth-order valence-electron chi connectivity index (χ4n) is 1.64. The van der Waals surface area contributed by atoms with Crippen LogP contribution >= 0.6 is 0 Å². The number of piperidine rings is 1. The summed E-state index contributed by atoms with van der Waals surface area (Å²) in [7, 11) is 1.62. The number of aliphatic hydroxyl groups is 1. The average Bonchev–Trinajstić information content (AvgIpc) is 2.15. The number of nitrogens with one attached hydrogen (secondary N) is 2. The van der Waals surface area contributed by atoms with Gasteiger partial charge in [-0.15, -0.1) is 0 Å². The zero-order valence-electron chi connectivity index (χ0n) is 8.10. The fraction of sp³-hybridized carbons (Fsp3) is 0.889. The molecule has 3 N–H and O–H groups in total. The summed E-state index contributed by atoms with van der Waals surface area (Å²) in [5, 5.41) is 15.7. The average molecular weight is 186 g/mol. The van der Waals surface area contributed by atoms with Gasteiger partial charge in [0, 0.05) is 20.0 Å². The Hall–Kier alpha value is -0.610. The summed E-state index contributed by atoms with van der Waals surface area (Å²) in [6.07, 6.45) is 2.76. The van der Waals surface area contributed by atoms with Gasteiger partial charge in [-0.2, -0.15) is 0 Å². The second-order valence-corrected chi connectivity index (χ2v) is 3.68. The van der Waals surface area contributed by atoms with Crippen LogP contribution in [0.5, 0.6) is 0 Å². The first kappa shape index (κ1) is 10.5. The molecule has 1 rings (SSSR count). The van der Waals surface area contributed by atoms with E-state index in [0.29, 0.717) is 19.4 Å². The van der Waals surface area contributed by atoms with Crippen molar-refractivity contribution in [2.24, 2.45) is 0 Å². The van der Waals surface area contributed by atoms with Crippen LogP contribution in [0.4, 0.5) is 0 Å². The Balaban J connectivity index is 2.28. The predicted molar refractivity (Wildman–Crippen MR) is 50.4 cm³/mol. The smallest absolute Gasteiger partial charge is 0.219 e. The fourth-order valence-corrected chi connectivity index (χ4v) is 1.64. The normalized spacial score (nSPS) is 28.5. The molecule has 4 nitrogen and oxygen atoms in total. The van der Waals surface area contributed by atoms with Crippen LogP contribution in [0.3, 0.4) is 0 Å². The van der Waals surface area contributed by atoms with Crippen LogP contribution in [0, 0.1) is 0 Å². The van der Waals surface area contributed by atoms with Gasteiger partial charge in [0.1, 0.15) is 0 Å². The molecule has 4 heteroatoms. The second-order valence-electron chi connectivity index (χ2n) is 3.68. The van der Waals surface area contributed by atoms with E-state index < -0.39 is 5.60 Å². The van der Waals surface area contributed by atoms with Crippen molar-refractivity contribution in [2.45, 2.75) is 31.3 Å². The highest BCUT2D eigenvalue weighted by Crippen LogP contribution is 2.21. The Morgan fingerprint density at radius 1 is 1.69 bits per heavy atom. The molecule has 1 saturated heterocycles. The van der Waals surface area contributed by atoms with E-state index in [9.17, 15) is 9.90 Å². The van der Waals surface area contributed by atoms with E-state index >= 15 is 0 Å². The van der Waals surface area contributed by atoms with Gasteiger partial charge in [0.2, 0.25) is 5.91 Å². The van der Waals surface area contributed by atoms with Gasteiger partial charge in [-0.1, -0.05) is 0 Å². The van der Waals surface area contributed by atoms with Gasteiger partial charge in [0.15, 0.2) is 0 Å². The third kappa shape index (κ3) is 3.32. The van der Waals surface area contributed by atoms with E-state index in [-0.39, 0.29) is 5.91 Å². The highest BCUT2D eigenvalue weighted by atomic mass is 16.3. The standard InChI is InChI=1S/C9H18N2O2/c1-10-8(12)3-5-9(13)4-2-6-11-7-9/h11,13H,2-7H2,1H3,(H,10,12). The monoisotopic (exact) mass is 186 g/mol. The molecule has 1 heterocycles. The lowest BCUT2D eigenvalue weighted by molar-refractivity contribution is -0.122. The molecule has 0 aromatic heterocycles. The van der Waals surface area contributed by atoms with Gasteiger partial charge in [-0.05, 0) is 25.8 Å². The summed E-state index contributed by atoms with van der Waals surface area (Å²) in [6.45, 7) is 1.59. The first-order valence-electron chi connectivity index (χ1n) is 4.80. The molecule has 0 aromatic rings. The molecule has 1 atom stereocenters. The highest BCUT2D eigenvalue weighted by molar-refractivity contribution is 5.75. The molecule has 1 aliphatic heterocycles. The lowest BCUT2D eigenvalue weighted by Crippen LogP contribution is -2.46. The van der Waals surface area contributed by atoms with E-state index in [4.69, 9.17) is 0 Å².